The van der Waals surface area contributed by atoms with Gasteiger partial charge in [-0.05, 0) is 73.5 Å². The molecule has 45 heavy (non-hydrogen) atoms. The second-order valence-corrected chi connectivity index (χ2v) is 12.1. The highest BCUT2D eigenvalue weighted by atomic mass is 32.2. The number of carboxylic acids is 1. The van der Waals surface area contributed by atoms with Crippen molar-refractivity contribution < 1.29 is 42.9 Å². The number of hydrogen-bond donors (Lipinski definition) is 3. The Kier molecular flexibility index (Phi) is 10.5. The van der Waals surface area contributed by atoms with Crippen LogP contribution in [0.2, 0.25) is 0 Å². The van der Waals surface area contributed by atoms with Gasteiger partial charge >= 0.3 is 5.97 Å². The minimum atomic E-state index is -1.45. The van der Waals surface area contributed by atoms with E-state index in [-0.39, 0.29) is 11.7 Å². The molecule has 0 aromatic heterocycles. The number of anilines is 1. The third-order valence-electron chi connectivity index (χ3n) is 7.60. The van der Waals surface area contributed by atoms with Crippen LogP contribution in [-0.4, -0.2) is 75.5 Å². The van der Waals surface area contributed by atoms with Gasteiger partial charge in [0.25, 0.3) is 5.91 Å². The van der Waals surface area contributed by atoms with Gasteiger partial charge in [-0.1, -0.05) is 24.3 Å². The summed E-state index contributed by atoms with van der Waals surface area (Å²) in [5.74, 6) is -2.91. The van der Waals surface area contributed by atoms with Gasteiger partial charge in [-0.2, -0.15) is 0 Å². The van der Waals surface area contributed by atoms with E-state index in [4.69, 9.17) is 4.74 Å². The highest BCUT2D eigenvalue weighted by Gasteiger charge is 2.49. The number of thioether (sulfide) groups is 1. The molecule has 3 atom stereocenters. The molecule has 3 aromatic carbocycles. The number of halogens is 2. The number of carboxylic acid groups (broad SMARTS) is 1. The maximum absolute atomic E-state index is 13.6. The van der Waals surface area contributed by atoms with Crippen molar-refractivity contribution in [3.63, 3.8) is 0 Å². The van der Waals surface area contributed by atoms with E-state index in [0.717, 1.165) is 10.5 Å². The van der Waals surface area contributed by atoms with Crippen molar-refractivity contribution in [2.75, 3.05) is 30.9 Å². The standard InChI is InChI=1S/C32H33F2N3O7S/c1-32(2,31(42)43)36(3)27(40)16-35-26(39)17-44-24-14-6-20(7-15-24)28-29(30(41)37(28)23-12-10-22(34)11-13-23)45-18-25(38)19-4-8-21(33)9-5-19/h4-15,25,28-29,38H,16-18H2,1-3H3,(H,35,39)(H,42,43)/t25?,28?,29-/m1/s1. The number of hydrogen-bond acceptors (Lipinski definition) is 7. The molecule has 1 aliphatic rings. The number of nitrogens with zero attached hydrogens (tertiary/aromatic N) is 2. The van der Waals surface area contributed by atoms with Gasteiger partial charge in [0.05, 0.1) is 18.7 Å². The summed E-state index contributed by atoms with van der Waals surface area (Å²) in [6.45, 7) is 1.94. The van der Waals surface area contributed by atoms with Crippen LogP contribution >= 0.6 is 11.8 Å². The summed E-state index contributed by atoms with van der Waals surface area (Å²) >= 11 is 1.26. The smallest absolute Gasteiger partial charge is 0.329 e. The summed E-state index contributed by atoms with van der Waals surface area (Å²) in [5, 5.41) is 21.7. The van der Waals surface area contributed by atoms with E-state index < -0.39 is 65.5 Å². The Bertz CT molecular complexity index is 1540. The Hall–Kier alpha value is -4.49. The number of carbonyl (C=O) groups is 4. The number of ether oxygens (including phenoxy) is 1. The van der Waals surface area contributed by atoms with E-state index in [0.29, 0.717) is 17.0 Å². The van der Waals surface area contributed by atoms with E-state index in [1.54, 1.807) is 29.2 Å². The molecule has 2 unspecified atom stereocenters. The average Bonchev–Trinajstić information content (AvgIpc) is 3.02. The number of aliphatic hydroxyl groups excluding tert-OH is 1. The molecular formula is C32H33F2N3O7S. The molecule has 4 rings (SSSR count). The quantitative estimate of drug-likeness (QED) is 0.241. The molecule has 10 nitrogen and oxygen atoms in total. The molecule has 3 N–H and O–H groups in total. The van der Waals surface area contributed by atoms with Crippen LogP contribution in [-0.2, 0) is 19.2 Å². The molecule has 3 aromatic rings. The van der Waals surface area contributed by atoms with Gasteiger partial charge in [0.2, 0.25) is 11.8 Å². The largest absolute Gasteiger partial charge is 0.484 e. The lowest BCUT2D eigenvalue weighted by atomic mass is 9.92. The Labute approximate surface area is 263 Å². The second-order valence-electron chi connectivity index (χ2n) is 10.9. The van der Waals surface area contributed by atoms with Gasteiger partial charge in [0, 0.05) is 18.5 Å². The summed E-state index contributed by atoms with van der Waals surface area (Å²) in [5.41, 5.74) is 0.316. The van der Waals surface area contributed by atoms with Crippen LogP contribution in [0.15, 0.2) is 72.8 Å². The molecule has 1 aliphatic heterocycles. The number of benzene rings is 3. The van der Waals surface area contributed by atoms with Crippen LogP contribution in [0, 0.1) is 11.6 Å². The number of aliphatic hydroxyl groups is 1. The number of aliphatic carboxylic acids is 1. The average molecular weight is 642 g/mol. The molecule has 0 saturated carbocycles. The molecule has 1 heterocycles. The molecule has 0 radical (unpaired) electrons. The number of likely N-dealkylation sites (N-methyl/N-ethyl adjacent to an activating group) is 1. The Morgan fingerprint density at radius 1 is 1.00 bits per heavy atom. The van der Waals surface area contributed by atoms with Crippen LogP contribution in [0.3, 0.4) is 0 Å². The van der Waals surface area contributed by atoms with Crippen LogP contribution < -0.4 is 15.0 Å². The van der Waals surface area contributed by atoms with Crippen LogP contribution in [0.1, 0.15) is 37.1 Å². The Morgan fingerprint density at radius 3 is 2.16 bits per heavy atom. The number of β-lactam (4-membered cyclic amide) rings is 1. The third-order valence-corrected chi connectivity index (χ3v) is 8.93. The molecule has 238 valence electrons. The van der Waals surface area contributed by atoms with Crippen molar-refractivity contribution >= 4 is 41.1 Å². The van der Waals surface area contributed by atoms with Gasteiger partial charge in [-0.15, -0.1) is 11.8 Å². The zero-order chi connectivity index (χ0) is 32.9. The van der Waals surface area contributed by atoms with Crippen molar-refractivity contribution in [3.05, 3.63) is 95.6 Å². The number of nitrogens with one attached hydrogen (secondary N) is 1. The fourth-order valence-corrected chi connectivity index (χ4v) is 5.82. The molecule has 0 spiro atoms. The van der Waals surface area contributed by atoms with Gasteiger partial charge in [0.1, 0.15) is 28.2 Å². The number of rotatable bonds is 13. The fourth-order valence-electron chi connectivity index (χ4n) is 4.52. The van der Waals surface area contributed by atoms with E-state index in [1.165, 1.54) is 81.2 Å². The van der Waals surface area contributed by atoms with Crippen LogP contribution in [0.5, 0.6) is 5.75 Å². The maximum Gasteiger partial charge on any atom is 0.329 e. The third kappa shape index (κ3) is 7.78. The molecule has 1 fully saturated rings. The van der Waals surface area contributed by atoms with E-state index >= 15 is 0 Å². The van der Waals surface area contributed by atoms with E-state index in [9.17, 15) is 38.2 Å². The Balaban J connectivity index is 1.39. The summed E-state index contributed by atoms with van der Waals surface area (Å²) < 4.78 is 32.4. The fraction of sp³-hybridized carbons (Fsp3) is 0.312. The van der Waals surface area contributed by atoms with Crippen molar-refractivity contribution in [3.8, 4) is 5.75 Å². The monoisotopic (exact) mass is 641 g/mol. The highest BCUT2D eigenvalue weighted by Crippen LogP contribution is 2.46. The number of carbonyl (C=O) groups excluding carboxylic acids is 3. The molecular weight excluding hydrogens is 608 g/mol. The van der Waals surface area contributed by atoms with Gasteiger partial charge in [-0.3, -0.25) is 14.4 Å². The summed E-state index contributed by atoms with van der Waals surface area (Å²) in [6, 6.07) is 17.3. The molecule has 3 amide bonds. The summed E-state index contributed by atoms with van der Waals surface area (Å²) in [7, 11) is 1.34. The molecule has 0 bridgehead atoms. The predicted octanol–water partition coefficient (Wildman–Crippen LogP) is 3.70. The normalized spacial score (nSPS) is 16.8. The van der Waals surface area contributed by atoms with Crippen molar-refractivity contribution in [2.45, 2.75) is 36.8 Å². The first kappa shape index (κ1) is 33.4. The van der Waals surface area contributed by atoms with Crippen molar-refractivity contribution in [2.24, 2.45) is 0 Å². The summed E-state index contributed by atoms with van der Waals surface area (Å²) in [4.78, 5) is 51.8. The summed E-state index contributed by atoms with van der Waals surface area (Å²) in [6.07, 6.45) is -0.926. The number of amides is 3. The lowest BCUT2D eigenvalue weighted by Gasteiger charge is -2.47. The van der Waals surface area contributed by atoms with Gasteiger partial charge < -0.3 is 30.1 Å². The maximum atomic E-state index is 13.6. The highest BCUT2D eigenvalue weighted by molar-refractivity contribution is 8.00. The first-order valence-electron chi connectivity index (χ1n) is 13.9. The van der Waals surface area contributed by atoms with Crippen molar-refractivity contribution in [1.82, 2.24) is 10.2 Å². The second kappa shape index (κ2) is 14.1. The van der Waals surface area contributed by atoms with E-state index in [2.05, 4.69) is 5.32 Å². The lowest BCUT2D eigenvalue weighted by Crippen LogP contribution is -2.57. The molecule has 1 saturated heterocycles. The minimum Gasteiger partial charge on any atom is -0.484 e. The molecule has 0 aliphatic carbocycles. The first-order valence-corrected chi connectivity index (χ1v) is 15.0. The topological polar surface area (TPSA) is 136 Å². The zero-order valence-corrected chi connectivity index (χ0v) is 25.6. The SMILES string of the molecule is CN(C(=O)CNC(=O)COc1ccc(C2[C@@H](SCC(O)c3ccc(F)cc3)C(=O)N2c2ccc(F)cc2)cc1)C(C)(C)C(=O)O. The first-order chi connectivity index (χ1) is 21.3. The lowest BCUT2D eigenvalue weighted by molar-refractivity contribution is -0.155. The van der Waals surface area contributed by atoms with Crippen molar-refractivity contribution in [1.29, 1.82) is 0 Å². The predicted molar refractivity (Wildman–Crippen MR) is 164 cm³/mol. The van der Waals surface area contributed by atoms with Gasteiger partial charge in [0.15, 0.2) is 6.61 Å². The minimum absolute atomic E-state index is 0.179. The van der Waals surface area contributed by atoms with E-state index in [1.807, 2.05) is 0 Å². The Morgan fingerprint density at radius 2 is 1.58 bits per heavy atom. The zero-order valence-electron chi connectivity index (χ0n) is 24.8. The van der Waals surface area contributed by atoms with Gasteiger partial charge in [-0.25, -0.2) is 13.6 Å². The van der Waals surface area contributed by atoms with Crippen LogP contribution in [0.25, 0.3) is 0 Å². The van der Waals surface area contributed by atoms with Crippen LogP contribution in [0.4, 0.5) is 14.5 Å². The molecule has 13 heteroatoms.